The maximum Gasteiger partial charge on any atom is 0.359 e. The van der Waals surface area contributed by atoms with Gasteiger partial charge in [0.25, 0.3) is 17.2 Å². The van der Waals surface area contributed by atoms with Crippen LogP contribution in [0.15, 0.2) is 47.3 Å². The van der Waals surface area contributed by atoms with Gasteiger partial charge in [-0.15, -0.1) is 0 Å². The zero-order valence-electron chi connectivity index (χ0n) is 17.0. The molecule has 0 radical (unpaired) electrons. The Labute approximate surface area is 176 Å². The predicted molar refractivity (Wildman–Crippen MR) is 113 cm³/mol. The van der Waals surface area contributed by atoms with Crippen LogP contribution < -0.4 is 10.9 Å². The third kappa shape index (κ3) is 4.74. The first-order valence-electron chi connectivity index (χ1n) is 9.53. The van der Waals surface area contributed by atoms with E-state index in [9.17, 15) is 24.5 Å². The lowest BCUT2D eigenvalue weighted by atomic mass is 10.1. The average Bonchev–Trinajstić information content (AvgIpc) is 2.75. The lowest BCUT2D eigenvalue weighted by Gasteiger charge is -2.10. The van der Waals surface area contributed by atoms with E-state index in [1.54, 1.807) is 31.2 Å². The Morgan fingerprint density at radius 3 is 2.58 bits per heavy atom. The number of nitrogens with one attached hydrogen (secondary N) is 1. The van der Waals surface area contributed by atoms with Crippen LogP contribution in [0.25, 0.3) is 10.8 Å². The predicted octanol–water partition coefficient (Wildman–Crippen LogP) is 2.82. The number of nitro benzene ring substituents is 1. The van der Waals surface area contributed by atoms with Gasteiger partial charge in [0.05, 0.1) is 10.3 Å². The molecule has 10 heteroatoms. The summed E-state index contributed by atoms with van der Waals surface area (Å²) in [5.74, 6) is -1.52. The van der Waals surface area contributed by atoms with Gasteiger partial charge in [-0.1, -0.05) is 31.2 Å². The molecule has 0 aliphatic rings. The molecule has 0 aliphatic heterocycles. The lowest BCUT2D eigenvalue weighted by Crippen LogP contribution is -2.27. The zero-order chi connectivity index (χ0) is 22.5. The molecular formula is C21H20N4O6. The van der Waals surface area contributed by atoms with Gasteiger partial charge in [0.1, 0.15) is 0 Å². The van der Waals surface area contributed by atoms with Crippen molar-refractivity contribution in [1.82, 2.24) is 9.78 Å². The molecule has 0 aliphatic carbocycles. The standard InChI is InChI=1S/C21H20N4O6/c1-3-10-24-20(27)16-7-5-4-6-15(16)19(23-24)21(28)31-12-18(26)22-14-9-8-13(2)17(11-14)25(29)30/h4-9,11H,3,10,12H2,1-2H3,(H,22,26). The molecule has 3 rings (SSSR count). The van der Waals surface area contributed by atoms with Gasteiger partial charge in [0.2, 0.25) is 0 Å². The van der Waals surface area contributed by atoms with Crippen LogP contribution in [0.5, 0.6) is 0 Å². The molecule has 10 nitrogen and oxygen atoms in total. The number of ether oxygens (including phenoxy) is 1. The quantitative estimate of drug-likeness (QED) is 0.350. The third-order valence-electron chi connectivity index (χ3n) is 4.52. The topological polar surface area (TPSA) is 133 Å². The minimum atomic E-state index is -0.855. The van der Waals surface area contributed by atoms with E-state index in [-0.39, 0.29) is 22.6 Å². The number of aryl methyl sites for hydroxylation is 2. The van der Waals surface area contributed by atoms with Crippen LogP contribution in [0.1, 0.15) is 29.4 Å². The Morgan fingerprint density at radius 1 is 1.19 bits per heavy atom. The number of fused-ring (bicyclic) bond motifs is 1. The van der Waals surface area contributed by atoms with Crippen molar-refractivity contribution in [2.45, 2.75) is 26.8 Å². The number of benzene rings is 2. The number of carbonyl (C=O) groups excluding carboxylic acids is 2. The first-order chi connectivity index (χ1) is 14.8. The Balaban J connectivity index is 1.77. The third-order valence-corrected chi connectivity index (χ3v) is 4.52. The number of anilines is 1. The number of nitro groups is 1. The minimum Gasteiger partial charge on any atom is -0.451 e. The van der Waals surface area contributed by atoms with Crippen molar-refractivity contribution < 1.29 is 19.2 Å². The molecule has 0 fully saturated rings. The second-order valence-corrected chi connectivity index (χ2v) is 6.81. The number of nitrogens with zero attached hydrogens (tertiary/aromatic N) is 3. The number of hydrogen-bond acceptors (Lipinski definition) is 7. The van der Waals surface area contributed by atoms with Crippen molar-refractivity contribution >= 4 is 34.0 Å². The van der Waals surface area contributed by atoms with Crippen molar-refractivity contribution in [1.29, 1.82) is 0 Å². The van der Waals surface area contributed by atoms with Gasteiger partial charge >= 0.3 is 5.97 Å². The fourth-order valence-electron chi connectivity index (χ4n) is 3.03. The van der Waals surface area contributed by atoms with E-state index in [0.29, 0.717) is 29.3 Å². The number of carbonyl (C=O) groups is 2. The summed E-state index contributed by atoms with van der Waals surface area (Å²) in [6.07, 6.45) is 0.644. The van der Waals surface area contributed by atoms with E-state index in [1.165, 1.54) is 22.9 Å². The maximum atomic E-state index is 12.6. The van der Waals surface area contributed by atoms with Gasteiger partial charge in [-0.25, -0.2) is 9.48 Å². The van der Waals surface area contributed by atoms with E-state index in [0.717, 1.165) is 0 Å². The molecule has 1 amide bonds. The Morgan fingerprint density at radius 2 is 1.90 bits per heavy atom. The summed E-state index contributed by atoms with van der Waals surface area (Å²) in [5.41, 5.74) is 0.145. The van der Waals surface area contributed by atoms with Crippen LogP contribution >= 0.6 is 0 Å². The molecule has 160 valence electrons. The van der Waals surface area contributed by atoms with E-state index in [1.807, 2.05) is 6.92 Å². The lowest BCUT2D eigenvalue weighted by molar-refractivity contribution is -0.385. The van der Waals surface area contributed by atoms with Gasteiger partial charge < -0.3 is 10.1 Å². The zero-order valence-corrected chi connectivity index (χ0v) is 17.0. The molecule has 2 aromatic carbocycles. The van der Waals surface area contributed by atoms with Crippen molar-refractivity contribution in [3.05, 3.63) is 74.2 Å². The fraction of sp³-hybridized carbons (Fsp3) is 0.238. The van der Waals surface area contributed by atoms with Gasteiger partial charge in [0, 0.05) is 29.2 Å². The second-order valence-electron chi connectivity index (χ2n) is 6.81. The van der Waals surface area contributed by atoms with Crippen LogP contribution in [0.2, 0.25) is 0 Å². The van der Waals surface area contributed by atoms with Crippen LogP contribution in [-0.2, 0) is 16.1 Å². The fourth-order valence-corrected chi connectivity index (χ4v) is 3.03. The van der Waals surface area contributed by atoms with Crippen molar-refractivity contribution in [2.75, 3.05) is 11.9 Å². The summed E-state index contributed by atoms with van der Waals surface area (Å²) in [6, 6.07) is 10.8. The van der Waals surface area contributed by atoms with Gasteiger partial charge in [0.15, 0.2) is 12.3 Å². The van der Waals surface area contributed by atoms with E-state index < -0.39 is 23.4 Å². The highest BCUT2D eigenvalue weighted by atomic mass is 16.6. The van der Waals surface area contributed by atoms with Crippen LogP contribution in [-0.4, -0.2) is 33.2 Å². The number of aromatic nitrogens is 2. The van der Waals surface area contributed by atoms with E-state index >= 15 is 0 Å². The molecule has 0 atom stereocenters. The molecule has 1 heterocycles. The molecule has 31 heavy (non-hydrogen) atoms. The highest BCUT2D eigenvalue weighted by Gasteiger charge is 2.19. The molecular weight excluding hydrogens is 404 g/mol. The van der Waals surface area contributed by atoms with Gasteiger partial charge in [-0.2, -0.15) is 5.10 Å². The summed E-state index contributed by atoms with van der Waals surface area (Å²) < 4.78 is 6.28. The first kappa shape index (κ1) is 21.6. The number of esters is 1. The average molecular weight is 424 g/mol. The highest BCUT2D eigenvalue weighted by Crippen LogP contribution is 2.22. The Kier molecular flexibility index (Phi) is 6.39. The summed E-state index contributed by atoms with van der Waals surface area (Å²) in [6.45, 7) is 3.17. The van der Waals surface area contributed by atoms with Crippen molar-refractivity contribution in [2.24, 2.45) is 0 Å². The largest absolute Gasteiger partial charge is 0.451 e. The Bertz CT molecular complexity index is 1230. The smallest absolute Gasteiger partial charge is 0.359 e. The van der Waals surface area contributed by atoms with E-state index in [4.69, 9.17) is 4.74 Å². The molecule has 1 aromatic heterocycles. The molecule has 0 bridgehead atoms. The van der Waals surface area contributed by atoms with Crippen LogP contribution in [0, 0.1) is 17.0 Å². The molecule has 0 saturated carbocycles. The van der Waals surface area contributed by atoms with Gasteiger partial charge in [-0.3, -0.25) is 19.7 Å². The highest BCUT2D eigenvalue weighted by molar-refractivity contribution is 6.03. The number of hydrogen-bond donors (Lipinski definition) is 1. The Hall–Kier alpha value is -4.08. The van der Waals surface area contributed by atoms with Crippen molar-refractivity contribution in [3.8, 4) is 0 Å². The molecule has 0 spiro atoms. The first-order valence-corrected chi connectivity index (χ1v) is 9.53. The summed E-state index contributed by atoms with van der Waals surface area (Å²) >= 11 is 0. The normalized spacial score (nSPS) is 10.6. The van der Waals surface area contributed by atoms with Crippen LogP contribution in [0.3, 0.4) is 0 Å². The SMILES string of the molecule is CCCn1nc(C(=O)OCC(=O)Nc2ccc(C)c([N+](=O)[O-])c2)c2ccccc2c1=O. The maximum absolute atomic E-state index is 12.6. The van der Waals surface area contributed by atoms with Crippen molar-refractivity contribution in [3.63, 3.8) is 0 Å². The summed E-state index contributed by atoms with van der Waals surface area (Å²) in [5, 5.41) is 18.3. The minimum absolute atomic E-state index is 0.0672. The van der Waals surface area contributed by atoms with Crippen LogP contribution in [0.4, 0.5) is 11.4 Å². The van der Waals surface area contributed by atoms with Gasteiger partial charge in [-0.05, 0) is 25.5 Å². The molecule has 3 aromatic rings. The number of amides is 1. The van der Waals surface area contributed by atoms with E-state index in [2.05, 4.69) is 10.4 Å². The molecule has 1 N–H and O–H groups in total. The summed E-state index contributed by atoms with van der Waals surface area (Å²) in [7, 11) is 0. The monoisotopic (exact) mass is 424 g/mol. The second kappa shape index (κ2) is 9.16. The molecule has 0 unspecified atom stereocenters. The number of rotatable bonds is 7. The summed E-state index contributed by atoms with van der Waals surface area (Å²) in [4.78, 5) is 47.7. The molecule has 0 saturated heterocycles.